The second-order valence-electron chi connectivity index (χ2n) is 5.97. The first-order valence-electron chi connectivity index (χ1n) is 8.13. The molecule has 0 bridgehead atoms. The fourth-order valence-electron chi connectivity index (χ4n) is 2.64. The normalized spacial score (nSPS) is 16.9. The molecule has 0 spiro atoms. The number of methoxy groups -OCH3 is 1. The lowest BCUT2D eigenvalue weighted by Crippen LogP contribution is -2.46. The number of ether oxygens (including phenoxy) is 2. The molecule has 0 unspecified atom stereocenters. The van der Waals surface area contributed by atoms with Crippen LogP contribution in [0.3, 0.4) is 0 Å². The molecule has 1 aromatic rings. The molecule has 0 radical (unpaired) electrons. The predicted octanol–water partition coefficient (Wildman–Crippen LogP) is 1.15. The maximum atomic E-state index is 12.7. The van der Waals surface area contributed by atoms with Gasteiger partial charge in [-0.3, -0.25) is 9.52 Å². The van der Waals surface area contributed by atoms with Gasteiger partial charge in [-0.25, -0.2) is 8.42 Å². The number of carbonyl (C=O) groups is 1. The number of nitrogens with one attached hydrogen (secondary N) is 2. The number of carbonyl (C=O) groups excluding carboxylic acids is 1. The van der Waals surface area contributed by atoms with E-state index in [1.54, 1.807) is 25.1 Å². The average molecular weight is 371 g/mol. The quantitative estimate of drug-likeness (QED) is 0.661. The summed E-state index contributed by atoms with van der Waals surface area (Å²) >= 11 is 0. The molecule has 1 aliphatic rings. The first-order chi connectivity index (χ1) is 11.9. The number of hydrogen-bond acceptors (Lipinski definition) is 6. The van der Waals surface area contributed by atoms with Crippen LogP contribution >= 0.6 is 0 Å². The Kier molecular flexibility index (Phi) is 6.26. The lowest BCUT2D eigenvalue weighted by molar-refractivity contribution is -0.130. The molecular weight excluding hydrogens is 346 g/mol. The predicted molar refractivity (Wildman–Crippen MR) is 96.2 cm³/mol. The van der Waals surface area contributed by atoms with E-state index in [1.807, 2.05) is 0 Å². The molecule has 1 aromatic carbocycles. The molecule has 4 N–H and O–H groups in total. The lowest BCUT2D eigenvalue weighted by atomic mass is 9.79. The van der Waals surface area contributed by atoms with Crippen molar-refractivity contribution >= 4 is 27.3 Å². The van der Waals surface area contributed by atoms with Gasteiger partial charge in [0.1, 0.15) is 5.75 Å². The molecule has 1 aliphatic heterocycles. The molecule has 0 aliphatic carbocycles. The van der Waals surface area contributed by atoms with Gasteiger partial charge in [0.05, 0.1) is 24.0 Å². The number of rotatable bonds is 7. The summed E-state index contributed by atoms with van der Waals surface area (Å²) in [6, 6.07) is 4.76. The number of hydrogen-bond donors (Lipinski definition) is 3. The van der Waals surface area contributed by atoms with Gasteiger partial charge in [0.2, 0.25) is 15.9 Å². The van der Waals surface area contributed by atoms with Crippen molar-refractivity contribution in [3.8, 4) is 5.75 Å². The summed E-state index contributed by atoms with van der Waals surface area (Å²) < 4.78 is 36.4. The van der Waals surface area contributed by atoms with E-state index in [0.29, 0.717) is 43.2 Å². The zero-order valence-electron chi connectivity index (χ0n) is 14.5. The van der Waals surface area contributed by atoms with Crippen molar-refractivity contribution in [2.75, 3.05) is 42.7 Å². The van der Waals surface area contributed by atoms with E-state index >= 15 is 0 Å². The Morgan fingerprint density at radius 2 is 2.04 bits per heavy atom. The summed E-state index contributed by atoms with van der Waals surface area (Å²) in [5.41, 5.74) is 6.03. The van der Waals surface area contributed by atoms with Gasteiger partial charge in [-0.1, -0.05) is 0 Å². The molecule has 140 valence electrons. The van der Waals surface area contributed by atoms with Gasteiger partial charge in [-0.2, -0.15) is 0 Å². The molecule has 0 aromatic heterocycles. The van der Waals surface area contributed by atoms with Gasteiger partial charge >= 0.3 is 0 Å². The Morgan fingerprint density at radius 1 is 1.36 bits per heavy atom. The Hall–Kier alpha value is -1.84. The molecule has 8 nitrogen and oxygen atoms in total. The lowest BCUT2D eigenvalue weighted by Gasteiger charge is -2.34. The summed E-state index contributed by atoms with van der Waals surface area (Å²) in [6.07, 6.45) is 1.14. The fourth-order valence-corrected chi connectivity index (χ4v) is 3.29. The first kappa shape index (κ1) is 19.5. The highest BCUT2D eigenvalue weighted by atomic mass is 32.2. The second-order valence-corrected chi connectivity index (χ2v) is 7.98. The zero-order chi connectivity index (χ0) is 18.5. The Labute approximate surface area is 148 Å². The summed E-state index contributed by atoms with van der Waals surface area (Å²) in [7, 11) is -1.98. The summed E-state index contributed by atoms with van der Waals surface area (Å²) in [5.74, 6) is 0.112. The van der Waals surface area contributed by atoms with Crippen molar-refractivity contribution in [2.45, 2.75) is 19.8 Å². The van der Waals surface area contributed by atoms with E-state index in [2.05, 4.69) is 10.0 Å². The van der Waals surface area contributed by atoms with E-state index in [0.717, 1.165) is 0 Å². The third-order valence-corrected chi connectivity index (χ3v) is 5.72. The van der Waals surface area contributed by atoms with E-state index < -0.39 is 15.4 Å². The molecule has 2 rings (SSSR count). The number of nitrogens with two attached hydrogens (primary N) is 1. The minimum atomic E-state index is -3.42. The number of benzene rings is 1. The van der Waals surface area contributed by atoms with Crippen molar-refractivity contribution < 1.29 is 22.7 Å². The SMILES string of the molecule is CCS(=O)(=O)Nc1ccc(NC(=O)C2(CN)CCOCC2)cc1OC. The van der Waals surface area contributed by atoms with E-state index in [9.17, 15) is 13.2 Å². The highest BCUT2D eigenvalue weighted by Crippen LogP contribution is 2.33. The van der Waals surface area contributed by atoms with Crippen molar-refractivity contribution in [1.82, 2.24) is 0 Å². The smallest absolute Gasteiger partial charge is 0.232 e. The molecule has 1 saturated heterocycles. The highest BCUT2D eigenvalue weighted by Gasteiger charge is 2.38. The molecule has 0 saturated carbocycles. The largest absolute Gasteiger partial charge is 0.494 e. The minimum Gasteiger partial charge on any atom is -0.494 e. The maximum absolute atomic E-state index is 12.7. The average Bonchev–Trinajstić information content (AvgIpc) is 2.63. The minimum absolute atomic E-state index is 0.0459. The number of anilines is 2. The van der Waals surface area contributed by atoms with Crippen LogP contribution in [0.25, 0.3) is 0 Å². The second kappa shape index (κ2) is 8.03. The van der Waals surface area contributed by atoms with Crippen LogP contribution < -0.4 is 20.5 Å². The molecule has 25 heavy (non-hydrogen) atoms. The van der Waals surface area contributed by atoms with Gasteiger partial charge in [0.25, 0.3) is 0 Å². The van der Waals surface area contributed by atoms with Gasteiger partial charge in [0.15, 0.2) is 0 Å². The van der Waals surface area contributed by atoms with E-state index in [1.165, 1.54) is 7.11 Å². The standard InChI is InChI=1S/C16H25N3O5S/c1-3-25(21,22)19-13-5-4-12(10-14(13)23-2)18-15(20)16(11-17)6-8-24-9-7-16/h4-5,10,19H,3,6-9,11,17H2,1-2H3,(H,18,20). The summed E-state index contributed by atoms with van der Waals surface area (Å²) in [4.78, 5) is 12.7. The summed E-state index contributed by atoms with van der Waals surface area (Å²) in [6.45, 7) is 2.80. The van der Waals surface area contributed by atoms with E-state index in [-0.39, 0.29) is 18.2 Å². The molecular formula is C16H25N3O5S. The number of amides is 1. The van der Waals surface area contributed by atoms with Gasteiger partial charge in [-0.15, -0.1) is 0 Å². The molecule has 0 atom stereocenters. The topological polar surface area (TPSA) is 120 Å². The summed E-state index contributed by atoms with van der Waals surface area (Å²) in [5, 5.41) is 2.85. The van der Waals surface area contributed by atoms with Crippen molar-refractivity contribution in [3.63, 3.8) is 0 Å². The van der Waals surface area contributed by atoms with Gasteiger partial charge < -0.3 is 20.5 Å². The number of sulfonamides is 1. The van der Waals surface area contributed by atoms with Crippen molar-refractivity contribution in [3.05, 3.63) is 18.2 Å². The molecule has 1 fully saturated rings. The van der Waals surface area contributed by atoms with Crippen LogP contribution in [0.4, 0.5) is 11.4 Å². The molecule has 9 heteroatoms. The third kappa shape index (κ3) is 4.62. The van der Waals surface area contributed by atoms with Crippen molar-refractivity contribution in [2.24, 2.45) is 11.1 Å². The highest BCUT2D eigenvalue weighted by molar-refractivity contribution is 7.92. The molecule has 1 amide bonds. The zero-order valence-corrected chi connectivity index (χ0v) is 15.3. The van der Waals surface area contributed by atoms with Crippen LogP contribution in [0.5, 0.6) is 5.75 Å². The Balaban J connectivity index is 2.18. The fraction of sp³-hybridized carbons (Fsp3) is 0.562. The first-order valence-corrected chi connectivity index (χ1v) is 9.79. The molecule has 1 heterocycles. The van der Waals surface area contributed by atoms with Gasteiger partial charge in [-0.05, 0) is 31.9 Å². The Morgan fingerprint density at radius 3 is 2.60 bits per heavy atom. The van der Waals surface area contributed by atoms with Crippen LogP contribution in [-0.2, 0) is 19.6 Å². The third-order valence-electron chi connectivity index (χ3n) is 4.43. The van der Waals surface area contributed by atoms with Crippen LogP contribution in [0.1, 0.15) is 19.8 Å². The van der Waals surface area contributed by atoms with Gasteiger partial charge in [0, 0.05) is 31.5 Å². The van der Waals surface area contributed by atoms with Crippen LogP contribution in [0.15, 0.2) is 18.2 Å². The van der Waals surface area contributed by atoms with Crippen LogP contribution in [-0.4, -0.2) is 46.9 Å². The monoisotopic (exact) mass is 371 g/mol. The van der Waals surface area contributed by atoms with E-state index in [4.69, 9.17) is 15.2 Å². The van der Waals surface area contributed by atoms with Crippen molar-refractivity contribution in [1.29, 1.82) is 0 Å². The van der Waals surface area contributed by atoms with Crippen LogP contribution in [0, 0.1) is 5.41 Å². The maximum Gasteiger partial charge on any atom is 0.232 e. The Bertz CT molecular complexity index is 714. The van der Waals surface area contributed by atoms with Crippen LogP contribution in [0.2, 0.25) is 0 Å².